The minimum absolute atomic E-state index is 0.659. The molecule has 5 heteroatoms. The normalized spacial score (nSPS) is 9.79. The molecule has 2 aromatic rings. The number of hydrogen-bond acceptors (Lipinski definition) is 5. The standard InChI is InChI=1S/C9H9N5/c10-12-8-6-11-14-13-9(8)7-4-2-1-3-5-7/h1-6H,10H2,(H,12,14). The van der Waals surface area contributed by atoms with E-state index in [-0.39, 0.29) is 0 Å². The lowest BCUT2D eigenvalue weighted by Crippen LogP contribution is -2.09. The summed E-state index contributed by atoms with van der Waals surface area (Å²) in [5.41, 5.74) is 4.84. The third kappa shape index (κ3) is 1.53. The molecule has 0 spiro atoms. The summed E-state index contributed by atoms with van der Waals surface area (Å²) in [6.07, 6.45) is 1.54. The number of rotatable bonds is 2. The lowest BCUT2D eigenvalue weighted by Gasteiger charge is -2.04. The highest BCUT2D eigenvalue weighted by Gasteiger charge is 2.05. The Labute approximate surface area is 80.9 Å². The predicted octanol–water partition coefficient (Wildman–Crippen LogP) is 0.824. The first-order chi connectivity index (χ1) is 6.92. The Morgan fingerprint density at radius 3 is 2.64 bits per heavy atom. The third-order valence-electron chi connectivity index (χ3n) is 1.84. The number of aromatic nitrogens is 3. The van der Waals surface area contributed by atoms with Crippen molar-refractivity contribution in [2.75, 3.05) is 5.43 Å². The molecule has 2 rings (SSSR count). The minimum Gasteiger partial charge on any atom is -0.321 e. The molecule has 1 aromatic heterocycles. The van der Waals surface area contributed by atoms with Gasteiger partial charge in [0.25, 0.3) is 0 Å². The van der Waals surface area contributed by atoms with Gasteiger partial charge in [0.05, 0.1) is 11.9 Å². The minimum atomic E-state index is 0.659. The molecule has 0 radical (unpaired) electrons. The van der Waals surface area contributed by atoms with E-state index in [1.807, 2.05) is 30.3 Å². The monoisotopic (exact) mass is 187 g/mol. The molecule has 0 unspecified atom stereocenters. The van der Waals surface area contributed by atoms with Gasteiger partial charge >= 0.3 is 0 Å². The van der Waals surface area contributed by atoms with Gasteiger partial charge in [-0.3, -0.25) is 5.84 Å². The van der Waals surface area contributed by atoms with Crippen LogP contribution in [0, 0.1) is 0 Å². The highest BCUT2D eigenvalue weighted by molar-refractivity contribution is 5.72. The number of hydrazine groups is 1. The Morgan fingerprint density at radius 2 is 1.93 bits per heavy atom. The Hall–Kier alpha value is -2.01. The Kier molecular flexibility index (Phi) is 2.33. The number of benzene rings is 1. The van der Waals surface area contributed by atoms with Crippen LogP contribution in [0.1, 0.15) is 0 Å². The molecule has 5 nitrogen and oxygen atoms in total. The molecule has 0 aliphatic rings. The van der Waals surface area contributed by atoms with Crippen molar-refractivity contribution in [3.05, 3.63) is 36.5 Å². The van der Waals surface area contributed by atoms with Crippen LogP contribution in [-0.4, -0.2) is 15.4 Å². The van der Waals surface area contributed by atoms with Crippen molar-refractivity contribution >= 4 is 5.69 Å². The maximum Gasteiger partial charge on any atom is 0.121 e. The van der Waals surface area contributed by atoms with Crippen molar-refractivity contribution in [2.24, 2.45) is 5.84 Å². The highest BCUT2D eigenvalue weighted by atomic mass is 15.3. The topological polar surface area (TPSA) is 76.7 Å². The second kappa shape index (κ2) is 3.80. The lowest BCUT2D eigenvalue weighted by atomic mass is 10.1. The molecular formula is C9H9N5. The van der Waals surface area contributed by atoms with Crippen LogP contribution in [0.25, 0.3) is 11.3 Å². The van der Waals surface area contributed by atoms with Crippen molar-refractivity contribution in [3.63, 3.8) is 0 Å². The summed E-state index contributed by atoms with van der Waals surface area (Å²) in [4.78, 5) is 0. The number of hydrogen-bond donors (Lipinski definition) is 2. The van der Waals surface area contributed by atoms with E-state index in [9.17, 15) is 0 Å². The zero-order valence-electron chi connectivity index (χ0n) is 7.38. The van der Waals surface area contributed by atoms with Gasteiger partial charge in [-0.1, -0.05) is 30.3 Å². The van der Waals surface area contributed by atoms with E-state index in [4.69, 9.17) is 5.84 Å². The number of nitrogens with zero attached hydrogens (tertiary/aromatic N) is 3. The molecule has 0 bridgehead atoms. The summed E-state index contributed by atoms with van der Waals surface area (Å²) in [6.45, 7) is 0. The van der Waals surface area contributed by atoms with E-state index in [0.29, 0.717) is 11.4 Å². The Balaban J connectivity index is 2.51. The maximum atomic E-state index is 5.33. The van der Waals surface area contributed by atoms with Gasteiger partial charge < -0.3 is 5.43 Å². The first-order valence-corrected chi connectivity index (χ1v) is 4.12. The summed E-state index contributed by atoms with van der Waals surface area (Å²) in [7, 11) is 0. The van der Waals surface area contributed by atoms with Crippen LogP contribution in [0.15, 0.2) is 36.5 Å². The zero-order chi connectivity index (χ0) is 9.80. The van der Waals surface area contributed by atoms with E-state index >= 15 is 0 Å². The smallest absolute Gasteiger partial charge is 0.121 e. The predicted molar refractivity (Wildman–Crippen MR) is 53.1 cm³/mol. The molecule has 0 saturated carbocycles. The molecule has 0 aliphatic heterocycles. The largest absolute Gasteiger partial charge is 0.321 e. The van der Waals surface area contributed by atoms with Crippen LogP contribution in [0.2, 0.25) is 0 Å². The van der Waals surface area contributed by atoms with Crippen molar-refractivity contribution in [1.82, 2.24) is 15.4 Å². The molecule has 0 saturated heterocycles. The second-order valence-electron chi connectivity index (χ2n) is 2.71. The van der Waals surface area contributed by atoms with E-state index in [0.717, 1.165) is 5.56 Å². The van der Waals surface area contributed by atoms with Gasteiger partial charge in [0.2, 0.25) is 0 Å². The van der Waals surface area contributed by atoms with Crippen LogP contribution in [-0.2, 0) is 0 Å². The zero-order valence-corrected chi connectivity index (χ0v) is 7.38. The Morgan fingerprint density at radius 1 is 1.14 bits per heavy atom. The molecule has 1 heterocycles. The molecule has 1 aromatic carbocycles. The van der Waals surface area contributed by atoms with Gasteiger partial charge in [-0.15, -0.1) is 10.2 Å². The van der Waals surface area contributed by atoms with Crippen LogP contribution in [0.3, 0.4) is 0 Å². The van der Waals surface area contributed by atoms with Crippen LogP contribution in [0.5, 0.6) is 0 Å². The first kappa shape index (κ1) is 8.58. The number of nitrogen functional groups attached to an aromatic ring is 1. The SMILES string of the molecule is NNc1cnnnc1-c1ccccc1. The van der Waals surface area contributed by atoms with Gasteiger partial charge in [-0.25, -0.2) is 0 Å². The van der Waals surface area contributed by atoms with Crippen LogP contribution >= 0.6 is 0 Å². The fraction of sp³-hybridized carbons (Fsp3) is 0. The fourth-order valence-electron chi connectivity index (χ4n) is 1.18. The molecule has 0 aliphatic carbocycles. The van der Waals surface area contributed by atoms with Crippen molar-refractivity contribution in [2.45, 2.75) is 0 Å². The van der Waals surface area contributed by atoms with E-state index in [1.54, 1.807) is 0 Å². The van der Waals surface area contributed by atoms with Gasteiger partial charge in [-0.05, 0) is 5.21 Å². The van der Waals surface area contributed by atoms with Gasteiger partial charge in [0.1, 0.15) is 5.69 Å². The van der Waals surface area contributed by atoms with Gasteiger partial charge in [0, 0.05) is 5.56 Å². The van der Waals surface area contributed by atoms with Crippen LogP contribution in [0.4, 0.5) is 5.69 Å². The first-order valence-electron chi connectivity index (χ1n) is 4.12. The van der Waals surface area contributed by atoms with Crippen molar-refractivity contribution in [1.29, 1.82) is 0 Å². The number of nitrogens with two attached hydrogens (primary N) is 1. The van der Waals surface area contributed by atoms with Gasteiger partial charge in [0.15, 0.2) is 0 Å². The second-order valence-corrected chi connectivity index (χ2v) is 2.71. The van der Waals surface area contributed by atoms with Crippen LogP contribution < -0.4 is 11.3 Å². The quantitative estimate of drug-likeness (QED) is 0.537. The summed E-state index contributed by atoms with van der Waals surface area (Å²) in [5.74, 6) is 5.33. The third-order valence-corrected chi connectivity index (χ3v) is 1.84. The van der Waals surface area contributed by atoms with E-state index < -0.39 is 0 Å². The van der Waals surface area contributed by atoms with Crippen molar-refractivity contribution in [3.8, 4) is 11.3 Å². The molecular weight excluding hydrogens is 178 g/mol. The summed E-state index contributed by atoms with van der Waals surface area (Å²) in [5, 5.41) is 11.1. The highest BCUT2D eigenvalue weighted by Crippen LogP contribution is 2.22. The molecule has 70 valence electrons. The van der Waals surface area contributed by atoms with Crippen molar-refractivity contribution < 1.29 is 0 Å². The molecule has 0 atom stereocenters. The average molecular weight is 187 g/mol. The van der Waals surface area contributed by atoms with E-state index in [1.165, 1.54) is 6.20 Å². The number of anilines is 1. The molecule has 14 heavy (non-hydrogen) atoms. The lowest BCUT2D eigenvalue weighted by molar-refractivity contribution is 0.871. The summed E-state index contributed by atoms with van der Waals surface area (Å²) < 4.78 is 0. The Bertz CT molecular complexity index is 415. The maximum absolute atomic E-state index is 5.33. The summed E-state index contributed by atoms with van der Waals surface area (Å²) >= 11 is 0. The fourth-order valence-corrected chi connectivity index (χ4v) is 1.18. The van der Waals surface area contributed by atoms with E-state index in [2.05, 4.69) is 20.8 Å². The van der Waals surface area contributed by atoms with Gasteiger partial charge in [-0.2, -0.15) is 0 Å². The molecule has 0 amide bonds. The average Bonchev–Trinajstić information content (AvgIpc) is 2.30. The molecule has 3 N–H and O–H groups in total. The number of nitrogens with one attached hydrogen (secondary N) is 1. The summed E-state index contributed by atoms with van der Waals surface area (Å²) in [6, 6.07) is 9.67. The molecule has 0 fully saturated rings.